The first-order valence-corrected chi connectivity index (χ1v) is 12.1. The third kappa shape index (κ3) is 6.26. The predicted octanol–water partition coefficient (Wildman–Crippen LogP) is 1.70. The van der Waals surface area contributed by atoms with Gasteiger partial charge in [0.25, 0.3) is 5.56 Å². The van der Waals surface area contributed by atoms with Crippen LogP contribution in [-0.4, -0.2) is 83.5 Å². The molecule has 8 heteroatoms. The van der Waals surface area contributed by atoms with Crippen LogP contribution < -0.4 is 10.3 Å². The third-order valence-corrected chi connectivity index (χ3v) is 6.81. The second-order valence-corrected chi connectivity index (χ2v) is 9.23. The van der Waals surface area contributed by atoms with Gasteiger partial charge in [-0.15, -0.1) is 0 Å². The Labute approximate surface area is 200 Å². The van der Waals surface area contributed by atoms with E-state index in [-0.39, 0.29) is 35.8 Å². The highest BCUT2D eigenvalue weighted by Gasteiger charge is 2.35. The Hall–Kier alpha value is -3.13. The second kappa shape index (κ2) is 11.3. The average molecular weight is 467 g/mol. The van der Waals surface area contributed by atoms with Gasteiger partial charge in [-0.2, -0.15) is 0 Å². The summed E-state index contributed by atoms with van der Waals surface area (Å²) >= 11 is 0. The summed E-state index contributed by atoms with van der Waals surface area (Å²) in [6.07, 6.45) is 2.87. The second-order valence-electron chi connectivity index (χ2n) is 9.23. The van der Waals surface area contributed by atoms with E-state index in [1.807, 2.05) is 40.1 Å². The number of likely N-dealkylation sites (N-methyl/N-ethyl adjacent to an activating group) is 1. The summed E-state index contributed by atoms with van der Waals surface area (Å²) in [5.74, 6) is 0.841. The highest BCUT2D eigenvalue weighted by molar-refractivity contribution is 5.78. The van der Waals surface area contributed by atoms with E-state index >= 15 is 0 Å². The maximum Gasteiger partial charge on any atom is 0.250 e. The molecule has 8 nitrogen and oxygen atoms in total. The quantitative estimate of drug-likeness (QED) is 0.621. The number of aromatic nitrogens is 1. The average Bonchev–Trinajstić information content (AvgIpc) is 2.85. The normalized spacial score (nSPS) is 21.3. The molecule has 0 unspecified atom stereocenters. The van der Waals surface area contributed by atoms with Crippen LogP contribution in [-0.2, 0) is 16.1 Å². The molecule has 182 valence electrons. The molecule has 0 radical (unpaired) electrons. The smallest absolute Gasteiger partial charge is 0.250 e. The third-order valence-electron chi connectivity index (χ3n) is 6.81. The van der Waals surface area contributed by atoms with Crippen LogP contribution in [0.25, 0.3) is 0 Å². The maximum atomic E-state index is 13.1. The summed E-state index contributed by atoms with van der Waals surface area (Å²) in [5.41, 5.74) is -0.110. The number of hydrogen-bond donors (Lipinski definition) is 0. The van der Waals surface area contributed by atoms with Crippen LogP contribution in [0.5, 0.6) is 5.75 Å². The Morgan fingerprint density at radius 3 is 2.38 bits per heavy atom. The molecule has 2 aliphatic heterocycles. The van der Waals surface area contributed by atoms with Crippen LogP contribution in [0.15, 0.2) is 59.5 Å². The number of hydrogen-bond acceptors (Lipinski definition) is 5. The first kappa shape index (κ1) is 24.0. The van der Waals surface area contributed by atoms with Crippen LogP contribution in [0.3, 0.4) is 0 Å². The summed E-state index contributed by atoms with van der Waals surface area (Å²) in [5, 5.41) is 0. The van der Waals surface area contributed by atoms with Gasteiger partial charge in [-0.05, 0) is 25.2 Å². The lowest BCUT2D eigenvalue weighted by molar-refractivity contribution is -0.140. The monoisotopic (exact) mass is 466 g/mol. The summed E-state index contributed by atoms with van der Waals surface area (Å²) in [4.78, 5) is 44.0. The molecule has 1 aromatic carbocycles. The molecule has 0 bridgehead atoms. The van der Waals surface area contributed by atoms with Crippen LogP contribution in [0.4, 0.5) is 0 Å². The number of carbonyl (C=O) groups is 2. The van der Waals surface area contributed by atoms with Crippen LogP contribution in [0, 0.1) is 5.92 Å². The van der Waals surface area contributed by atoms with Gasteiger partial charge < -0.3 is 24.0 Å². The zero-order valence-corrected chi connectivity index (χ0v) is 19.8. The Morgan fingerprint density at radius 2 is 1.65 bits per heavy atom. The van der Waals surface area contributed by atoms with Gasteiger partial charge in [0.05, 0.1) is 0 Å². The van der Waals surface area contributed by atoms with Crippen molar-refractivity contribution in [1.82, 2.24) is 19.3 Å². The van der Waals surface area contributed by atoms with Crippen molar-refractivity contribution in [3.05, 3.63) is 65.1 Å². The molecule has 0 saturated carbocycles. The van der Waals surface area contributed by atoms with E-state index in [4.69, 9.17) is 4.74 Å². The van der Waals surface area contributed by atoms with Crippen LogP contribution >= 0.6 is 0 Å². The minimum atomic E-state index is -0.125. The van der Waals surface area contributed by atoms with Crippen molar-refractivity contribution in [3.8, 4) is 5.75 Å². The molecule has 2 aromatic rings. The number of amides is 2. The Bertz CT molecular complexity index is 1020. The van der Waals surface area contributed by atoms with Crippen molar-refractivity contribution in [3.63, 3.8) is 0 Å². The van der Waals surface area contributed by atoms with Crippen LogP contribution in [0.1, 0.15) is 19.3 Å². The summed E-state index contributed by atoms with van der Waals surface area (Å²) in [7, 11) is 2.07. The van der Waals surface area contributed by atoms with Gasteiger partial charge in [0, 0.05) is 83.3 Å². The molecule has 34 heavy (non-hydrogen) atoms. The lowest BCUT2D eigenvalue weighted by atomic mass is 9.90. The zero-order valence-electron chi connectivity index (χ0n) is 19.8. The van der Waals surface area contributed by atoms with E-state index in [0.717, 1.165) is 31.9 Å². The van der Waals surface area contributed by atoms with Crippen molar-refractivity contribution >= 4 is 11.8 Å². The highest BCUT2D eigenvalue weighted by Crippen LogP contribution is 2.27. The van der Waals surface area contributed by atoms with Crippen molar-refractivity contribution in [2.24, 2.45) is 5.92 Å². The van der Waals surface area contributed by atoms with Gasteiger partial charge >= 0.3 is 0 Å². The fraction of sp³-hybridized carbons (Fsp3) is 0.500. The standard InChI is InChI=1S/C26H34N4O4/c1-27-15-17-29(18-16-27)26(33)19-21-20-30(13-10-23(21)34-22-7-3-2-4-8-22)25(32)11-14-28-12-6-5-9-24(28)31/h2-9,12,21,23H,10-11,13-20H2,1H3/t21-,23-/m0/s1. The molecule has 0 spiro atoms. The van der Waals surface area contributed by atoms with E-state index in [0.29, 0.717) is 32.5 Å². The fourth-order valence-corrected chi connectivity index (χ4v) is 4.69. The first-order valence-electron chi connectivity index (χ1n) is 12.1. The minimum absolute atomic E-state index is 0.00552. The predicted molar refractivity (Wildman–Crippen MR) is 130 cm³/mol. The number of para-hydroxylation sites is 1. The number of piperazine rings is 1. The topological polar surface area (TPSA) is 75.1 Å². The molecule has 3 heterocycles. The molecular formula is C26H34N4O4. The molecule has 0 N–H and O–H groups in total. The number of piperidine rings is 1. The number of ether oxygens (including phenoxy) is 1. The van der Waals surface area contributed by atoms with E-state index in [1.165, 1.54) is 6.07 Å². The van der Waals surface area contributed by atoms with Gasteiger partial charge in [0.2, 0.25) is 11.8 Å². The number of carbonyl (C=O) groups excluding carboxylic acids is 2. The molecule has 2 saturated heterocycles. The molecule has 0 aliphatic carbocycles. The Balaban J connectivity index is 1.40. The van der Waals surface area contributed by atoms with Gasteiger partial charge in [-0.3, -0.25) is 14.4 Å². The molecule has 2 atom stereocenters. The van der Waals surface area contributed by atoms with Crippen LogP contribution in [0.2, 0.25) is 0 Å². The van der Waals surface area contributed by atoms with Gasteiger partial charge in [-0.25, -0.2) is 0 Å². The van der Waals surface area contributed by atoms with Gasteiger partial charge in [0.1, 0.15) is 11.9 Å². The lowest BCUT2D eigenvalue weighted by Crippen LogP contribution is -2.51. The molecule has 2 amide bonds. The number of pyridine rings is 1. The number of rotatable bonds is 7. The number of aryl methyl sites for hydroxylation is 1. The number of nitrogens with zero attached hydrogens (tertiary/aromatic N) is 4. The maximum absolute atomic E-state index is 13.1. The zero-order chi connectivity index (χ0) is 23.9. The van der Waals surface area contributed by atoms with E-state index in [1.54, 1.807) is 22.9 Å². The molecule has 2 fully saturated rings. The Morgan fingerprint density at radius 1 is 0.912 bits per heavy atom. The Kier molecular flexibility index (Phi) is 8.00. The van der Waals surface area contributed by atoms with E-state index in [9.17, 15) is 14.4 Å². The molecular weight excluding hydrogens is 432 g/mol. The fourth-order valence-electron chi connectivity index (χ4n) is 4.69. The molecule has 2 aliphatic rings. The highest BCUT2D eigenvalue weighted by atomic mass is 16.5. The minimum Gasteiger partial charge on any atom is -0.490 e. The number of benzene rings is 1. The summed E-state index contributed by atoms with van der Waals surface area (Å²) < 4.78 is 7.84. The lowest BCUT2D eigenvalue weighted by Gasteiger charge is -2.40. The van der Waals surface area contributed by atoms with Crippen molar-refractivity contribution < 1.29 is 14.3 Å². The van der Waals surface area contributed by atoms with E-state index in [2.05, 4.69) is 11.9 Å². The van der Waals surface area contributed by atoms with Crippen molar-refractivity contribution in [2.45, 2.75) is 31.9 Å². The van der Waals surface area contributed by atoms with Gasteiger partial charge in [0.15, 0.2) is 0 Å². The SMILES string of the molecule is CN1CCN(C(=O)C[C@H]2CN(C(=O)CCn3ccccc3=O)CC[C@@H]2Oc2ccccc2)CC1. The number of likely N-dealkylation sites (tertiary alicyclic amines) is 1. The van der Waals surface area contributed by atoms with E-state index < -0.39 is 0 Å². The van der Waals surface area contributed by atoms with Crippen molar-refractivity contribution in [1.29, 1.82) is 0 Å². The largest absolute Gasteiger partial charge is 0.490 e. The molecule has 4 rings (SSSR count). The van der Waals surface area contributed by atoms with Crippen molar-refractivity contribution in [2.75, 3.05) is 46.3 Å². The summed E-state index contributed by atoms with van der Waals surface area (Å²) in [6.45, 7) is 4.65. The first-order chi connectivity index (χ1) is 16.5. The molecule has 1 aromatic heterocycles. The van der Waals surface area contributed by atoms with Gasteiger partial charge in [-0.1, -0.05) is 24.3 Å². The summed E-state index contributed by atoms with van der Waals surface area (Å²) in [6, 6.07) is 14.6.